The molecule has 1 fully saturated rings. The molecule has 10 heteroatoms. The summed E-state index contributed by atoms with van der Waals surface area (Å²) < 4.78 is 33.0. The molecule has 0 aliphatic carbocycles. The molecule has 1 aromatic heterocycles. The second-order valence-electron chi connectivity index (χ2n) is 7.77. The van der Waals surface area contributed by atoms with E-state index in [9.17, 15) is 13.2 Å². The van der Waals surface area contributed by atoms with Crippen LogP contribution in [0.1, 0.15) is 28.8 Å². The molecule has 32 heavy (non-hydrogen) atoms. The molecular weight excluding hydrogens is 470 g/mol. The van der Waals surface area contributed by atoms with Gasteiger partial charge in [0.15, 0.2) is 0 Å². The van der Waals surface area contributed by atoms with Gasteiger partial charge in [0.25, 0.3) is 0 Å². The van der Waals surface area contributed by atoms with E-state index >= 15 is 0 Å². The molecule has 7 nitrogen and oxygen atoms in total. The van der Waals surface area contributed by atoms with Crippen LogP contribution in [-0.4, -0.2) is 35.3 Å². The van der Waals surface area contributed by atoms with E-state index in [1.54, 1.807) is 47.7 Å². The van der Waals surface area contributed by atoms with Crippen LogP contribution >= 0.6 is 22.9 Å². The Balaban J connectivity index is 1.57. The molecule has 0 bridgehead atoms. The van der Waals surface area contributed by atoms with Crippen LogP contribution in [0.3, 0.4) is 0 Å². The summed E-state index contributed by atoms with van der Waals surface area (Å²) in [7, 11) is -4.33. The fourth-order valence-corrected chi connectivity index (χ4v) is 5.49. The van der Waals surface area contributed by atoms with Gasteiger partial charge in [0, 0.05) is 16.8 Å². The third-order valence-corrected chi connectivity index (χ3v) is 7.20. The molecule has 1 unspecified atom stereocenters. The van der Waals surface area contributed by atoms with E-state index in [4.69, 9.17) is 21.1 Å². The van der Waals surface area contributed by atoms with Gasteiger partial charge in [-0.1, -0.05) is 42.8 Å². The lowest BCUT2D eigenvalue weighted by Crippen LogP contribution is -2.25. The lowest BCUT2D eigenvalue weighted by Gasteiger charge is -2.16. The molecule has 2 heterocycles. The van der Waals surface area contributed by atoms with Gasteiger partial charge in [0.2, 0.25) is 5.91 Å². The van der Waals surface area contributed by atoms with Crippen molar-refractivity contribution >= 4 is 44.8 Å². The highest BCUT2D eigenvalue weighted by Gasteiger charge is 2.57. The Morgan fingerprint density at radius 2 is 2.00 bits per heavy atom. The highest BCUT2D eigenvalue weighted by Crippen LogP contribution is 2.47. The normalized spacial score (nSPS) is 17.9. The van der Waals surface area contributed by atoms with Crippen LogP contribution in [0.25, 0.3) is 0 Å². The van der Waals surface area contributed by atoms with Crippen LogP contribution < -0.4 is 4.72 Å². The number of halogens is 1. The number of amides is 1. The van der Waals surface area contributed by atoms with E-state index in [0.29, 0.717) is 18.0 Å². The second-order valence-corrected chi connectivity index (χ2v) is 10.2. The minimum absolute atomic E-state index is 0.00479. The lowest BCUT2D eigenvalue weighted by molar-refractivity contribution is -0.126. The summed E-state index contributed by atoms with van der Waals surface area (Å²) in [4.78, 5) is 19.7. The van der Waals surface area contributed by atoms with Crippen molar-refractivity contribution in [3.63, 3.8) is 0 Å². The minimum Gasteiger partial charge on any atom is -0.325 e. The fourth-order valence-electron chi connectivity index (χ4n) is 3.74. The molecule has 4 rings (SSSR count). The number of anilines is 1. The van der Waals surface area contributed by atoms with Crippen LogP contribution in [0.5, 0.6) is 0 Å². The molecule has 1 atom stereocenters. The molecule has 1 amide bonds. The van der Waals surface area contributed by atoms with Gasteiger partial charge in [0.1, 0.15) is 10.5 Å². The van der Waals surface area contributed by atoms with Gasteiger partial charge in [0.05, 0.1) is 24.3 Å². The average Bonchev–Trinajstić information content (AvgIpc) is 3.24. The van der Waals surface area contributed by atoms with Crippen molar-refractivity contribution in [3.8, 4) is 0 Å². The first-order valence-electron chi connectivity index (χ1n) is 10.0. The topological polar surface area (TPSA) is 99.4 Å². The van der Waals surface area contributed by atoms with Crippen molar-refractivity contribution in [1.29, 1.82) is 0 Å². The summed E-state index contributed by atoms with van der Waals surface area (Å²) in [6.45, 7) is 2.61. The summed E-state index contributed by atoms with van der Waals surface area (Å²) in [6.07, 6.45) is 1.63. The molecule has 0 spiro atoms. The van der Waals surface area contributed by atoms with Gasteiger partial charge in [-0.2, -0.15) is 8.42 Å². The molecule has 1 aliphatic rings. The van der Waals surface area contributed by atoms with Crippen molar-refractivity contribution < 1.29 is 17.8 Å². The van der Waals surface area contributed by atoms with Crippen molar-refractivity contribution in [1.82, 2.24) is 9.88 Å². The van der Waals surface area contributed by atoms with Gasteiger partial charge in [-0.3, -0.25) is 14.1 Å². The smallest absolute Gasteiger partial charge is 0.325 e. The standard InChI is InChI=1S/C22H22ClN3O4S2/c1-2-18-13-31-21(24-18)22(12-15-6-8-19(9-7-15)25-32(28,29)30)14-26(22)20(27)11-16-4-3-5-17(23)10-16/h3-10,13,25H,2,11-12,14H2,1H3,(H,28,29,30). The van der Waals surface area contributed by atoms with Crippen LogP contribution in [0, 0.1) is 0 Å². The minimum atomic E-state index is -4.33. The van der Waals surface area contributed by atoms with Crippen LogP contribution in [0.4, 0.5) is 5.69 Å². The van der Waals surface area contributed by atoms with Gasteiger partial charge in [-0.05, 0) is 41.8 Å². The van der Waals surface area contributed by atoms with E-state index in [0.717, 1.165) is 28.2 Å². The Bertz CT molecular complexity index is 1240. The highest BCUT2D eigenvalue weighted by molar-refractivity contribution is 7.87. The monoisotopic (exact) mass is 491 g/mol. The molecule has 2 N–H and O–H groups in total. The number of aromatic nitrogens is 1. The van der Waals surface area contributed by atoms with E-state index in [2.05, 4.69) is 0 Å². The van der Waals surface area contributed by atoms with Crippen LogP contribution in [-0.2, 0) is 39.9 Å². The van der Waals surface area contributed by atoms with E-state index in [-0.39, 0.29) is 18.0 Å². The number of carbonyl (C=O) groups excluding carboxylic acids is 1. The molecule has 3 aromatic rings. The van der Waals surface area contributed by atoms with Crippen LogP contribution in [0.15, 0.2) is 53.9 Å². The maximum absolute atomic E-state index is 13.1. The Labute approximate surface area is 195 Å². The molecule has 1 saturated heterocycles. The molecule has 0 radical (unpaired) electrons. The van der Waals surface area contributed by atoms with Gasteiger partial charge >= 0.3 is 10.3 Å². The fraction of sp³-hybridized carbons (Fsp3) is 0.273. The second kappa shape index (κ2) is 8.82. The van der Waals surface area contributed by atoms with Crippen molar-refractivity contribution in [2.45, 2.75) is 31.7 Å². The highest BCUT2D eigenvalue weighted by atomic mass is 35.5. The number of aryl methyl sites for hydroxylation is 1. The number of hydrogen-bond donors (Lipinski definition) is 2. The van der Waals surface area contributed by atoms with Gasteiger partial charge in [-0.15, -0.1) is 11.3 Å². The summed E-state index contributed by atoms with van der Waals surface area (Å²) in [5.41, 5.74) is 2.52. The number of benzene rings is 2. The van der Waals surface area contributed by atoms with Gasteiger partial charge < -0.3 is 4.90 Å². The average molecular weight is 492 g/mol. The molecule has 168 valence electrons. The van der Waals surface area contributed by atoms with E-state index < -0.39 is 15.8 Å². The summed E-state index contributed by atoms with van der Waals surface area (Å²) >= 11 is 7.62. The summed E-state index contributed by atoms with van der Waals surface area (Å²) in [6, 6.07) is 14.0. The predicted octanol–water partition coefficient (Wildman–Crippen LogP) is 4.10. The largest absolute Gasteiger partial charge is 0.357 e. The number of nitrogens with one attached hydrogen (secondary N) is 1. The third kappa shape index (κ3) is 5.12. The number of carbonyl (C=O) groups is 1. The number of thiazole rings is 1. The predicted molar refractivity (Wildman–Crippen MR) is 125 cm³/mol. The maximum atomic E-state index is 13.1. The van der Waals surface area contributed by atoms with Crippen molar-refractivity contribution in [3.05, 3.63) is 80.8 Å². The number of hydrogen-bond acceptors (Lipinski definition) is 5. The summed E-state index contributed by atoms with van der Waals surface area (Å²) in [5.74, 6) is 0.00479. The first kappa shape index (κ1) is 22.7. The zero-order chi connectivity index (χ0) is 22.9. The Morgan fingerprint density at radius 3 is 2.62 bits per heavy atom. The Hall–Kier alpha value is -2.46. The van der Waals surface area contributed by atoms with E-state index in [1.807, 2.05) is 34.1 Å². The Morgan fingerprint density at radius 1 is 1.25 bits per heavy atom. The van der Waals surface area contributed by atoms with Gasteiger partial charge in [-0.25, -0.2) is 4.98 Å². The first-order chi connectivity index (χ1) is 15.2. The zero-order valence-electron chi connectivity index (χ0n) is 17.3. The lowest BCUT2D eigenvalue weighted by atomic mass is 9.99. The van der Waals surface area contributed by atoms with Crippen LogP contribution in [0.2, 0.25) is 5.02 Å². The quantitative estimate of drug-likeness (QED) is 0.365. The third-order valence-electron chi connectivity index (χ3n) is 5.39. The van der Waals surface area contributed by atoms with Crippen molar-refractivity contribution in [2.24, 2.45) is 0 Å². The molecule has 1 aliphatic heterocycles. The SMILES string of the molecule is CCc1csc(C2(Cc3ccc(NS(=O)(=O)O)cc3)CN2C(=O)Cc2cccc(Cl)c2)n1. The van der Waals surface area contributed by atoms with Crippen molar-refractivity contribution in [2.75, 3.05) is 11.3 Å². The number of rotatable bonds is 8. The molecule has 2 aromatic carbocycles. The first-order valence-corrected chi connectivity index (χ1v) is 12.7. The van der Waals surface area contributed by atoms with E-state index in [1.165, 1.54) is 0 Å². The summed E-state index contributed by atoms with van der Waals surface area (Å²) in [5, 5.41) is 3.51. The molecular formula is C22H22ClN3O4S2. The zero-order valence-corrected chi connectivity index (χ0v) is 19.7. The number of nitrogens with zero attached hydrogens (tertiary/aromatic N) is 2. The molecule has 0 saturated carbocycles. The maximum Gasteiger partial charge on any atom is 0.357 e. The Kier molecular flexibility index (Phi) is 6.26.